The number of nitrogens with zero attached hydrogens (tertiary/aromatic N) is 1. The van der Waals surface area contributed by atoms with E-state index in [-0.39, 0.29) is 5.91 Å². The molecule has 3 nitrogen and oxygen atoms in total. The van der Waals surface area contributed by atoms with Crippen LogP contribution in [-0.4, -0.2) is 28.4 Å². The molecular weight excluding hydrogens is 256 g/mol. The number of nitrogens with two attached hydrogens (primary N) is 1. The minimum absolute atomic E-state index is 0.111. The van der Waals surface area contributed by atoms with Crippen LogP contribution in [0.25, 0.3) is 0 Å². The van der Waals surface area contributed by atoms with Gasteiger partial charge in [-0.15, -0.1) is 0 Å². The first-order valence-electron chi connectivity index (χ1n) is 6.65. The van der Waals surface area contributed by atoms with Gasteiger partial charge in [-0.05, 0) is 38.3 Å². The first kappa shape index (κ1) is 14.0. The lowest BCUT2D eigenvalue weighted by Crippen LogP contribution is -2.36. The monoisotopic (exact) mass is 276 g/mol. The van der Waals surface area contributed by atoms with Gasteiger partial charge >= 0.3 is 0 Å². The first-order chi connectivity index (χ1) is 8.99. The maximum Gasteiger partial charge on any atom is 0.254 e. The van der Waals surface area contributed by atoms with Crippen LogP contribution in [0, 0.1) is 13.8 Å². The largest absolute Gasteiger partial charge is 0.393 e. The van der Waals surface area contributed by atoms with Crippen LogP contribution in [0.1, 0.15) is 40.7 Å². The zero-order chi connectivity index (χ0) is 14.0. The standard InChI is InChI=1S/C15H20N2OS/c1-10-3-4-11(2)13(9-10)15(18)17(12-5-6-12)8-7-14(16)19/h3-4,9,12H,5-8H2,1-2H3,(H2,16,19). The summed E-state index contributed by atoms with van der Waals surface area (Å²) in [6.45, 7) is 4.62. The zero-order valence-corrected chi connectivity index (χ0v) is 12.3. The second-order valence-corrected chi connectivity index (χ2v) is 5.79. The summed E-state index contributed by atoms with van der Waals surface area (Å²) in [4.78, 5) is 15.1. The van der Waals surface area contributed by atoms with Crippen molar-refractivity contribution < 1.29 is 4.79 Å². The predicted molar refractivity (Wildman–Crippen MR) is 81.4 cm³/mol. The maximum absolute atomic E-state index is 12.7. The molecule has 0 spiro atoms. The van der Waals surface area contributed by atoms with Gasteiger partial charge in [0, 0.05) is 24.6 Å². The van der Waals surface area contributed by atoms with Crippen molar-refractivity contribution in [2.45, 2.75) is 39.2 Å². The van der Waals surface area contributed by atoms with Gasteiger partial charge in [0.1, 0.15) is 0 Å². The number of hydrogen-bond acceptors (Lipinski definition) is 2. The summed E-state index contributed by atoms with van der Waals surface area (Å²) in [6.07, 6.45) is 2.78. The quantitative estimate of drug-likeness (QED) is 0.841. The molecule has 102 valence electrons. The van der Waals surface area contributed by atoms with E-state index in [2.05, 4.69) is 0 Å². The molecule has 0 aromatic heterocycles. The van der Waals surface area contributed by atoms with Gasteiger partial charge in [-0.25, -0.2) is 0 Å². The van der Waals surface area contributed by atoms with Gasteiger partial charge in [0.2, 0.25) is 0 Å². The Morgan fingerprint density at radius 1 is 1.42 bits per heavy atom. The molecule has 0 heterocycles. The predicted octanol–water partition coefficient (Wildman–Crippen LogP) is 2.58. The molecule has 1 aromatic carbocycles. The fraction of sp³-hybridized carbons (Fsp3) is 0.467. The first-order valence-corrected chi connectivity index (χ1v) is 7.06. The summed E-state index contributed by atoms with van der Waals surface area (Å²) in [7, 11) is 0. The van der Waals surface area contributed by atoms with Gasteiger partial charge in [-0.2, -0.15) is 0 Å². The molecule has 19 heavy (non-hydrogen) atoms. The normalized spacial score (nSPS) is 14.2. The molecule has 1 fully saturated rings. The van der Waals surface area contributed by atoms with E-state index < -0.39 is 0 Å². The minimum Gasteiger partial charge on any atom is -0.393 e. The lowest BCUT2D eigenvalue weighted by atomic mass is 10.0. The van der Waals surface area contributed by atoms with E-state index in [1.54, 1.807) is 0 Å². The number of benzene rings is 1. The average Bonchev–Trinajstić information content (AvgIpc) is 3.16. The van der Waals surface area contributed by atoms with E-state index in [0.29, 0.717) is 24.0 Å². The van der Waals surface area contributed by atoms with Gasteiger partial charge in [-0.3, -0.25) is 4.79 Å². The third-order valence-electron chi connectivity index (χ3n) is 3.47. The second kappa shape index (κ2) is 5.70. The topological polar surface area (TPSA) is 46.3 Å². The van der Waals surface area contributed by atoms with Crippen LogP contribution in [0.2, 0.25) is 0 Å². The lowest BCUT2D eigenvalue weighted by molar-refractivity contribution is 0.0747. The van der Waals surface area contributed by atoms with Crippen molar-refractivity contribution in [1.29, 1.82) is 0 Å². The van der Waals surface area contributed by atoms with Gasteiger partial charge in [0.15, 0.2) is 0 Å². The molecule has 2 N–H and O–H groups in total. The Balaban J connectivity index is 2.18. The SMILES string of the molecule is Cc1ccc(C)c(C(=O)N(CCC(N)=S)C2CC2)c1. The molecule has 0 bridgehead atoms. The third-order valence-corrected chi connectivity index (χ3v) is 3.68. The van der Waals surface area contributed by atoms with Crippen LogP contribution in [0.15, 0.2) is 18.2 Å². The Morgan fingerprint density at radius 2 is 2.11 bits per heavy atom. The molecule has 0 aliphatic heterocycles. The summed E-state index contributed by atoms with van der Waals surface area (Å²) < 4.78 is 0. The third kappa shape index (κ3) is 3.53. The van der Waals surface area contributed by atoms with Crippen LogP contribution in [0.3, 0.4) is 0 Å². The molecule has 1 amide bonds. The molecule has 1 aromatic rings. The Hall–Kier alpha value is -1.42. The van der Waals surface area contributed by atoms with E-state index in [1.165, 1.54) is 0 Å². The molecule has 1 aliphatic rings. The Kier molecular flexibility index (Phi) is 4.20. The molecule has 4 heteroatoms. The van der Waals surface area contributed by atoms with Crippen LogP contribution in [-0.2, 0) is 0 Å². The molecule has 2 rings (SSSR count). The average molecular weight is 276 g/mol. The van der Waals surface area contributed by atoms with Crippen LogP contribution in [0.5, 0.6) is 0 Å². The van der Waals surface area contributed by atoms with Crippen molar-refractivity contribution in [1.82, 2.24) is 4.90 Å². The van der Waals surface area contributed by atoms with Crippen molar-refractivity contribution in [3.05, 3.63) is 34.9 Å². The number of hydrogen-bond donors (Lipinski definition) is 1. The number of aryl methyl sites for hydroxylation is 2. The molecule has 1 saturated carbocycles. The Labute approximate surface area is 119 Å². The summed E-state index contributed by atoms with van der Waals surface area (Å²) in [5, 5.41) is 0. The van der Waals surface area contributed by atoms with Crippen LogP contribution in [0.4, 0.5) is 0 Å². The van der Waals surface area contributed by atoms with Gasteiger partial charge in [0.05, 0.1) is 4.99 Å². The molecule has 0 unspecified atom stereocenters. The summed E-state index contributed by atoms with van der Waals surface area (Å²) >= 11 is 4.91. The molecular formula is C15H20N2OS. The minimum atomic E-state index is 0.111. The van der Waals surface area contributed by atoms with Gasteiger partial charge < -0.3 is 10.6 Å². The highest BCUT2D eigenvalue weighted by molar-refractivity contribution is 7.80. The van der Waals surface area contributed by atoms with Crippen molar-refractivity contribution in [2.75, 3.05) is 6.54 Å². The summed E-state index contributed by atoms with van der Waals surface area (Å²) in [6, 6.07) is 6.37. The maximum atomic E-state index is 12.7. The van der Waals surface area contributed by atoms with Gasteiger partial charge in [-0.1, -0.05) is 29.9 Å². The van der Waals surface area contributed by atoms with E-state index in [1.807, 2.05) is 36.9 Å². The summed E-state index contributed by atoms with van der Waals surface area (Å²) in [5.74, 6) is 0.111. The van der Waals surface area contributed by atoms with Crippen molar-refractivity contribution >= 4 is 23.1 Å². The molecule has 1 aliphatic carbocycles. The van der Waals surface area contributed by atoms with E-state index >= 15 is 0 Å². The van der Waals surface area contributed by atoms with Crippen molar-refractivity contribution in [2.24, 2.45) is 5.73 Å². The van der Waals surface area contributed by atoms with Crippen molar-refractivity contribution in [3.8, 4) is 0 Å². The highest BCUT2D eigenvalue weighted by atomic mass is 32.1. The van der Waals surface area contributed by atoms with Crippen molar-refractivity contribution in [3.63, 3.8) is 0 Å². The molecule has 0 saturated heterocycles. The zero-order valence-electron chi connectivity index (χ0n) is 11.5. The number of thiocarbonyl (C=S) groups is 1. The Morgan fingerprint density at radius 3 is 2.68 bits per heavy atom. The van der Waals surface area contributed by atoms with E-state index in [0.717, 1.165) is 29.5 Å². The number of carbonyl (C=O) groups excluding carboxylic acids is 1. The van der Waals surface area contributed by atoms with E-state index in [9.17, 15) is 4.79 Å². The Bertz CT molecular complexity index is 509. The second-order valence-electron chi connectivity index (χ2n) is 5.26. The summed E-state index contributed by atoms with van der Waals surface area (Å²) in [5.41, 5.74) is 8.48. The number of rotatable bonds is 5. The smallest absolute Gasteiger partial charge is 0.254 e. The molecule has 0 radical (unpaired) electrons. The van der Waals surface area contributed by atoms with Crippen LogP contribution >= 0.6 is 12.2 Å². The highest BCUT2D eigenvalue weighted by Gasteiger charge is 2.33. The lowest BCUT2D eigenvalue weighted by Gasteiger charge is -2.23. The fourth-order valence-corrected chi connectivity index (χ4v) is 2.28. The molecule has 0 atom stereocenters. The van der Waals surface area contributed by atoms with Gasteiger partial charge in [0.25, 0.3) is 5.91 Å². The fourth-order valence-electron chi connectivity index (χ4n) is 2.19. The van der Waals surface area contributed by atoms with E-state index in [4.69, 9.17) is 18.0 Å². The highest BCUT2D eigenvalue weighted by Crippen LogP contribution is 2.29. The number of carbonyl (C=O) groups is 1. The number of amides is 1. The van der Waals surface area contributed by atoms with Crippen LogP contribution < -0.4 is 5.73 Å².